The average molecular weight is 392 g/mol. The molecule has 1 aliphatic heterocycles. The number of carbonyl (C=O) groups is 1. The Hall–Kier alpha value is -2.92. The summed E-state index contributed by atoms with van der Waals surface area (Å²) in [7, 11) is 0. The van der Waals surface area contributed by atoms with Crippen molar-refractivity contribution in [3.8, 4) is 11.5 Å². The predicted molar refractivity (Wildman–Crippen MR) is 109 cm³/mol. The molecule has 5 heteroatoms. The van der Waals surface area contributed by atoms with Crippen molar-refractivity contribution in [2.45, 2.75) is 16.7 Å². The van der Waals surface area contributed by atoms with Crippen molar-refractivity contribution in [1.82, 2.24) is 0 Å². The van der Waals surface area contributed by atoms with Gasteiger partial charge < -0.3 is 14.9 Å². The molecule has 4 rings (SSSR count). The van der Waals surface area contributed by atoms with Gasteiger partial charge in [-0.15, -0.1) is 11.8 Å². The zero-order valence-electron chi connectivity index (χ0n) is 15.1. The lowest BCUT2D eigenvalue weighted by atomic mass is 9.76. The molecule has 2 atom stereocenters. The normalized spacial score (nSPS) is 18.1. The van der Waals surface area contributed by atoms with E-state index in [1.165, 1.54) is 17.3 Å². The zero-order chi connectivity index (χ0) is 19.5. The molecule has 1 heterocycles. The van der Waals surface area contributed by atoms with E-state index in [-0.39, 0.29) is 23.3 Å². The molecule has 3 aromatic carbocycles. The van der Waals surface area contributed by atoms with Crippen LogP contribution in [0, 0.1) is 0 Å². The summed E-state index contributed by atoms with van der Waals surface area (Å²) >= 11 is 1.30. The summed E-state index contributed by atoms with van der Waals surface area (Å²) in [6.45, 7) is 0.558. The highest BCUT2D eigenvalue weighted by Crippen LogP contribution is 2.47. The van der Waals surface area contributed by atoms with Gasteiger partial charge in [-0.25, -0.2) is 0 Å². The first-order valence-corrected chi connectivity index (χ1v) is 10.1. The Morgan fingerprint density at radius 2 is 1.75 bits per heavy atom. The fourth-order valence-electron chi connectivity index (χ4n) is 3.72. The Morgan fingerprint density at radius 1 is 1.00 bits per heavy atom. The van der Waals surface area contributed by atoms with Crippen LogP contribution in [-0.2, 0) is 4.79 Å². The largest absolute Gasteiger partial charge is 0.508 e. The number of carboxylic acid groups (broad SMARTS) is 1. The Kier molecular flexibility index (Phi) is 5.26. The van der Waals surface area contributed by atoms with Crippen LogP contribution in [0.1, 0.15) is 28.5 Å². The molecule has 0 amide bonds. The Labute approximate surface area is 167 Å². The van der Waals surface area contributed by atoms with Gasteiger partial charge >= 0.3 is 5.97 Å². The number of phenolic OH excluding ortho intramolecular Hbond substituents is 1. The lowest BCUT2D eigenvalue weighted by Gasteiger charge is -2.34. The highest BCUT2D eigenvalue weighted by atomic mass is 32.2. The number of ether oxygens (including phenoxy) is 1. The molecule has 4 nitrogen and oxygen atoms in total. The lowest BCUT2D eigenvalue weighted by Crippen LogP contribution is -2.25. The third kappa shape index (κ3) is 3.85. The minimum absolute atomic E-state index is 0.0387. The molecule has 0 radical (unpaired) electrons. The van der Waals surface area contributed by atoms with Gasteiger partial charge in [-0.1, -0.05) is 42.5 Å². The summed E-state index contributed by atoms with van der Waals surface area (Å²) in [6.07, 6.45) is 0. The van der Waals surface area contributed by atoms with Gasteiger partial charge in [-0.05, 0) is 41.5 Å². The van der Waals surface area contributed by atoms with Gasteiger partial charge in [0.2, 0.25) is 0 Å². The maximum atomic E-state index is 10.8. The smallest absolute Gasteiger partial charge is 0.313 e. The van der Waals surface area contributed by atoms with E-state index in [0.717, 1.165) is 21.8 Å². The predicted octanol–water partition coefficient (Wildman–Crippen LogP) is 4.88. The van der Waals surface area contributed by atoms with Gasteiger partial charge in [0.1, 0.15) is 11.5 Å². The number of aromatic hydroxyl groups is 1. The molecule has 1 aliphatic rings. The van der Waals surface area contributed by atoms with Crippen LogP contribution in [0.2, 0.25) is 0 Å². The van der Waals surface area contributed by atoms with Crippen LogP contribution in [-0.4, -0.2) is 28.5 Å². The quantitative estimate of drug-likeness (QED) is 0.606. The van der Waals surface area contributed by atoms with Crippen LogP contribution in [0.25, 0.3) is 0 Å². The van der Waals surface area contributed by atoms with Crippen LogP contribution in [0.15, 0.2) is 77.7 Å². The van der Waals surface area contributed by atoms with E-state index in [9.17, 15) is 9.90 Å². The topological polar surface area (TPSA) is 66.8 Å². The first-order valence-electron chi connectivity index (χ1n) is 9.07. The molecule has 0 aromatic heterocycles. The second kappa shape index (κ2) is 7.98. The highest BCUT2D eigenvalue weighted by Gasteiger charge is 2.33. The summed E-state index contributed by atoms with van der Waals surface area (Å²) in [6, 6.07) is 23.5. The van der Waals surface area contributed by atoms with E-state index in [1.807, 2.05) is 48.5 Å². The van der Waals surface area contributed by atoms with E-state index in [2.05, 4.69) is 12.1 Å². The molecule has 0 saturated heterocycles. The number of aliphatic carboxylic acids is 1. The Morgan fingerprint density at radius 3 is 2.46 bits per heavy atom. The van der Waals surface area contributed by atoms with Crippen LogP contribution in [0.4, 0.5) is 0 Å². The van der Waals surface area contributed by atoms with Crippen LogP contribution in [0.5, 0.6) is 11.5 Å². The number of hydrogen-bond acceptors (Lipinski definition) is 4. The lowest BCUT2D eigenvalue weighted by molar-refractivity contribution is -0.133. The summed E-state index contributed by atoms with van der Waals surface area (Å²) in [4.78, 5) is 11.7. The van der Waals surface area contributed by atoms with Crippen molar-refractivity contribution in [2.75, 3.05) is 12.4 Å². The summed E-state index contributed by atoms with van der Waals surface area (Å²) in [5.41, 5.74) is 3.26. The van der Waals surface area contributed by atoms with Crippen molar-refractivity contribution < 1.29 is 19.7 Å². The second-order valence-corrected chi connectivity index (χ2v) is 7.83. The molecular weight excluding hydrogens is 372 g/mol. The van der Waals surface area contributed by atoms with Crippen molar-refractivity contribution in [1.29, 1.82) is 0 Å². The maximum absolute atomic E-state index is 10.8. The van der Waals surface area contributed by atoms with Crippen molar-refractivity contribution >= 4 is 17.7 Å². The first-order chi connectivity index (χ1) is 13.6. The minimum Gasteiger partial charge on any atom is -0.508 e. The molecule has 0 unspecified atom stereocenters. The number of fused-ring (bicyclic) bond motifs is 1. The van der Waals surface area contributed by atoms with Crippen LogP contribution >= 0.6 is 11.8 Å². The van der Waals surface area contributed by atoms with Crippen molar-refractivity contribution in [2.24, 2.45) is 0 Å². The van der Waals surface area contributed by atoms with Crippen molar-refractivity contribution in [3.63, 3.8) is 0 Å². The van der Waals surface area contributed by atoms with E-state index in [1.54, 1.807) is 12.1 Å². The standard InChI is InChI=1S/C23H20O4S/c24-17-8-11-21-19(12-17)23(20(13-27-21)15-4-2-1-3-5-15)16-6-9-18(10-7-16)28-14-22(25)26/h1-12,20,23-24H,13-14H2,(H,25,26)/t20-,23-/m0/s1. The number of benzene rings is 3. The fraction of sp³-hybridized carbons (Fsp3) is 0.174. The van der Waals surface area contributed by atoms with E-state index >= 15 is 0 Å². The molecule has 0 bridgehead atoms. The molecule has 0 saturated carbocycles. The number of carboxylic acids is 1. The summed E-state index contributed by atoms with van der Waals surface area (Å²) < 4.78 is 6.01. The van der Waals surface area contributed by atoms with Crippen LogP contribution < -0.4 is 4.74 Å². The summed E-state index contributed by atoms with van der Waals surface area (Å²) in [5.74, 6) is 0.380. The number of rotatable bonds is 5. The SMILES string of the molecule is O=C(O)CSc1ccc([C@H]2c3cc(O)ccc3OC[C@H]2c2ccccc2)cc1. The first kappa shape index (κ1) is 18.4. The maximum Gasteiger partial charge on any atom is 0.313 e. The third-order valence-electron chi connectivity index (χ3n) is 4.98. The second-order valence-electron chi connectivity index (χ2n) is 6.78. The zero-order valence-corrected chi connectivity index (χ0v) is 15.9. The Bertz CT molecular complexity index is 970. The highest BCUT2D eigenvalue weighted by molar-refractivity contribution is 8.00. The molecule has 0 fully saturated rings. The van der Waals surface area contributed by atoms with Gasteiger partial charge in [0.15, 0.2) is 0 Å². The molecule has 28 heavy (non-hydrogen) atoms. The average Bonchev–Trinajstić information content (AvgIpc) is 2.72. The number of thioether (sulfide) groups is 1. The van der Waals surface area contributed by atoms with Gasteiger partial charge in [0.05, 0.1) is 12.4 Å². The third-order valence-corrected chi connectivity index (χ3v) is 5.98. The van der Waals surface area contributed by atoms with Gasteiger partial charge in [0.25, 0.3) is 0 Å². The van der Waals surface area contributed by atoms with Gasteiger partial charge in [0, 0.05) is 22.3 Å². The molecular formula is C23H20O4S. The molecule has 2 N–H and O–H groups in total. The fourth-order valence-corrected chi connectivity index (χ4v) is 4.34. The molecule has 142 valence electrons. The van der Waals surface area contributed by atoms with Gasteiger partial charge in [-0.2, -0.15) is 0 Å². The van der Waals surface area contributed by atoms with E-state index in [0.29, 0.717) is 6.61 Å². The molecule has 0 aliphatic carbocycles. The van der Waals surface area contributed by atoms with Crippen LogP contribution in [0.3, 0.4) is 0 Å². The Balaban J connectivity index is 1.73. The van der Waals surface area contributed by atoms with Crippen molar-refractivity contribution in [3.05, 3.63) is 89.5 Å². The van der Waals surface area contributed by atoms with E-state index in [4.69, 9.17) is 9.84 Å². The molecule has 3 aromatic rings. The number of phenols is 1. The van der Waals surface area contributed by atoms with Gasteiger partial charge in [-0.3, -0.25) is 4.79 Å². The monoisotopic (exact) mass is 392 g/mol. The molecule has 0 spiro atoms. The minimum atomic E-state index is -0.827. The number of hydrogen-bond donors (Lipinski definition) is 2. The van der Waals surface area contributed by atoms with E-state index < -0.39 is 5.97 Å². The summed E-state index contributed by atoms with van der Waals surface area (Å²) in [5, 5.41) is 18.9.